The molecule has 0 aromatic heterocycles. The van der Waals surface area contributed by atoms with Crippen molar-refractivity contribution in [3.8, 4) is 33.4 Å². The van der Waals surface area contributed by atoms with E-state index in [0.717, 1.165) is 17.1 Å². The third-order valence-corrected chi connectivity index (χ3v) is 12.9. The predicted octanol–water partition coefficient (Wildman–Crippen LogP) is 14.5. The first-order valence-corrected chi connectivity index (χ1v) is 22.4. The molecule has 0 fully saturated rings. The van der Waals surface area contributed by atoms with Gasteiger partial charge >= 0.3 is 0 Å². The summed E-state index contributed by atoms with van der Waals surface area (Å²) in [6.07, 6.45) is 0. The monoisotopic (exact) mass is 709 g/mol. The molecule has 260 valence electrons. The normalized spacial score (nSPS) is 11.7. The zero-order chi connectivity index (χ0) is 36.8. The molecule has 0 atom stereocenters. The first kappa shape index (κ1) is 33.6. The first-order valence-electron chi connectivity index (χ1n) is 18.9. The minimum atomic E-state index is -1.46. The van der Waals surface area contributed by atoms with Crippen molar-refractivity contribution in [1.82, 2.24) is 0 Å². The highest BCUT2D eigenvalue weighted by Gasteiger charge is 2.23. The highest BCUT2D eigenvalue weighted by molar-refractivity contribution is 6.88. The van der Waals surface area contributed by atoms with Gasteiger partial charge in [0.05, 0.1) is 8.07 Å². The Hall–Kier alpha value is -6.22. The van der Waals surface area contributed by atoms with Gasteiger partial charge in [-0.1, -0.05) is 170 Å². The summed E-state index contributed by atoms with van der Waals surface area (Å²) in [4.78, 5) is 2.42. The number of hydrogen-bond donors (Lipinski definition) is 0. The molecule has 0 aliphatic heterocycles. The molecule has 0 aliphatic rings. The number of hydrogen-bond acceptors (Lipinski definition) is 1. The van der Waals surface area contributed by atoms with Gasteiger partial charge in [0, 0.05) is 17.1 Å². The summed E-state index contributed by atoms with van der Waals surface area (Å²) in [6, 6.07) is 69.5. The molecule has 0 radical (unpaired) electrons. The molecule has 0 amide bonds. The van der Waals surface area contributed by atoms with Gasteiger partial charge in [0.15, 0.2) is 0 Å². The number of nitrogens with zero attached hydrogens (tertiary/aromatic N) is 1. The zero-order valence-corrected chi connectivity index (χ0v) is 32.3. The second-order valence-corrected chi connectivity index (χ2v) is 20.5. The molecule has 0 N–H and O–H groups in total. The summed E-state index contributed by atoms with van der Waals surface area (Å²) in [6.45, 7) is 9.41. The maximum atomic E-state index is 2.44. The smallest absolute Gasteiger partial charge is 0.0775 e. The van der Waals surface area contributed by atoms with E-state index in [1.807, 2.05) is 0 Å². The highest BCUT2D eigenvalue weighted by Crippen LogP contribution is 2.50. The summed E-state index contributed by atoms with van der Waals surface area (Å²) in [7, 11) is -1.46. The van der Waals surface area contributed by atoms with Crippen molar-refractivity contribution in [2.24, 2.45) is 0 Å². The highest BCUT2D eigenvalue weighted by atomic mass is 28.3. The summed E-state index contributed by atoms with van der Waals surface area (Å²) in [5.74, 6) is 0. The van der Waals surface area contributed by atoms with Gasteiger partial charge in [-0.15, -0.1) is 0 Å². The molecule has 0 unspecified atom stereocenters. The van der Waals surface area contributed by atoms with Gasteiger partial charge in [-0.05, 0) is 121 Å². The summed E-state index contributed by atoms with van der Waals surface area (Å²) in [5, 5.41) is 9.03. The lowest BCUT2D eigenvalue weighted by Gasteiger charge is -2.28. The van der Waals surface area contributed by atoms with Crippen LogP contribution in [0.4, 0.5) is 17.1 Å². The minimum absolute atomic E-state index is 1.14. The fourth-order valence-electron chi connectivity index (χ4n) is 8.20. The van der Waals surface area contributed by atoms with Gasteiger partial charge in [-0.3, -0.25) is 0 Å². The maximum absolute atomic E-state index is 2.44. The van der Waals surface area contributed by atoms with Crippen LogP contribution in [-0.4, -0.2) is 8.07 Å². The Kier molecular flexibility index (Phi) is 8.49. The number of rotatable bonds is 7. The third kappa shape index (κ3) is 5.99. The van der Waals surface area contributed by atoms with Crippen molar-refractivity contribution < 1.29 is 0 Å². The van der Waals surface area contributed by atoms with Crippen LogP contribution in [0.25, 0.3) is 65.7 Å². The fourth-order valence-corrected chi connectivity index (χ4v) is 9.37. The van der Waals surface area contributed by atoms with Gasteiger partial charge in [-0.25, -0.2) is 0 Å². The summed E-state index contributed by atoms with van der Waals surface area (Å²) >= 11 is 0. The van der Waals surface area contributed by atoms with Crippen molar-refractivity contribution in [3.05, 3.63) is 194 Å². The van der Waals surface area contributed by atoms with E-state index in [-0.39, 0.29) is 0 Å². The van der Waals surface area contributed by atoms with E-state index in [9.17, 15) is 0 Å². The van der Waals surface area contributed by atoms with Crippen LogP contribution in [0.2, 0.25) is 19.6 Å². The van der Waals surface area contributed by atoms with Crippen molar-refractivity contribution in [2.45, 2.75) is 26.6 Å². The fraction of sp³-hybridized carbons (Fsp3) is 0.0769. The van der Waals surface area contributed by atoms with E-state index >= 15 is 0 Å². The van der Waals surface area contributed by atoms with E-state index < -0.39 is 8.07 Å². The molecule has 9 aromatic rings. The molecule has 0 spiro atoms. The van der Waals surface area contributed by atoms with Crippen LogP contribution in [0.3, 0.4) is 0 Å². The molecular formula is C52H43NSi. The Bertz CT molecular complexity index is 2780. The van der Waals surface area contributed by atoms with Crippen molar-refractivity contribution in [2.75, 3.05) is 4.90 Å². The molecule has 0 saturated carbocycles. The zero-order valence-electron chi connectivity index (χ0n) is 31.3. The van der Waals surface area contributed by atoms with Gasteiger partial charge < -0.3 is 4.90 Å². The molecule has 0 saturated heterocycles. The van der Waals surface area contributed by atoms with Crippen LogP contribution >= 0.6 is 0 Å². The third-order valence-electron chi connectivity index (χ3n) is 10.8. The van der Waals surface area contributed by atoms with Crippen LogP contribution in [0.1, 0.15) is 5.56 Å². The first-order chi connectivity index (χ1) is 26.3. The average molecular weight is 710 g/mol. The van der Waals surface area contributed by atoms with Crippen LogP contribution in [0.15, 0.2) is 188 Å². The van der Waals surface area contributed by atoms with E-state index in [2.05, 4.69) is 220 Å². The lowest BCUT2D eigenvalue weighted by molar-refractivity contribution is 1.28. The molecule has 0 heterocycles. The average Bonchev–Trinajstić information content (AvgIpc) is 3.21. The number of aryl methyl sites for hydroxylation is 1. The Morgan fingerprint density at radius 2 is 0.907 bits per heavy atom. The lowest BCUT2D eigenvalue weighted by atomic mass is 9.81. The molecule has 0 aliphatic carbocycles. The second-order valence-electron chi connectivity index (χ2n) is 15.4. The Morgan fingerprint density at radius 3 is 1.54 bits per heavy atom. The van der Waals surface area contributed by atoms with E-state index in [1.165, 1.54) is 76.4 Å². The lowest BCUT2D eigenvalue weighted by Crippen LogP contribution is -2.37. The molecule has 1 nitrogen and oxygen atoms in total. The second kappa shape index (κ2) is 13.6. The largest absolute Gasteiger partial charge is 0.310 e. The quantitative estimate of drug-likeness (QED) is 0.118. The number of benzene rings is 9. The van der Waals surface area contributed by atoms with Gasteiger partial charge in [0.2, 0.25) is 0 Å². The molecular weight excluding hydrogens is 667 g/mol. The van der Waals surface area contributed by atoms with E-state index in [0.29, 0.717) is 0 Å². The Balaban J connectivity index is 1.42. The minimum Gasteiger partial charge on any atom is -0.310 e. The molecule has 9 rings (SSSR count). The molecule has 9 aromatic carbocycles. The van der Waals surface area contributed by atoms with Gasteiger partial charge in [-0.2, -0.15) is 0 Å². The SMILES string of the molecule is Cc1cccc(N(c2ccc([Si](C)(C)C)cc2)c2ccc3c(c2)c2ccccc2c2c(-c4ccccc4)cc(-c4ccccc4)c(-c4ccccc4)c32)c1. The number of anilines is 3. The van der Waals surface area contributed by atoms with E-state index in [1.54, 1.807) is 0 Å². The van der Waals surface area contributed by atoms with Gasteiger partial charge in [0.25, 0.3) is 0 Å². The topological polar surface area (TPSA) is 3.24 Å². The molecule has 0 bridgehead atoms. The number of fused-ring (bicyclic) bond motifs is 6. The summed E-state index contributed by atoms with van der Waals surface area (Å²) < 4.78 is 0. The maximum Gasteiger partial charge on any atom is 0.0775 e. The van der Waals surface area contributed by atoms with Crippen LogP contribution < -0.4 is 10.1 Å². The van der Waals surface area contributed by atoms with Crippen molar-refractivity contribution in [1.29, 1.82) is 0 Å². The Morgan fingerprint density at radius 1 is 0.370 bits per heavy atom. The Labute approximate surface area is 319 Å². The molecule has 2 heteroatoms. The van der Waals surface area contributed by atoms with Crippen LogP contribution in [0, 0.1) is 6.92 Å². The van der Waals surface area contributed by atoms with Crippen molar-refractivity contribution >= 4 is 62.6 Å². The van der Waals surface area contributed by atoms with Crippen LogP contribution in [-0.2, 0) is 0 Å². The summed E-state index contributed by atoms with van der Waals surface area (Å²) in [5.41, 5.74) is 12.1. The molecule has 54 heavy (non-hydrogen) atoms. The predicted molar refractivity (Wildman–Crippen MR) is 238 cm³/mol. The van der Waals surface area contributed by atoms with Gasteiger partial charge in [0.1, 0.15) is 0 Å². The van der Waals surface area contributed by atoms with Crippen molar-refractivity contribution in [3.63, 3.8) is 0 Å². The van der Waals surface area contributed by atoms with E-state index in [4.69, 9.17) is 0 Å². The standard InChI is InChI=1S/C52H43NSi/c1-36-17-16-24-41(33-36)53(40-27-30-43(31-28-40)54(2,3)4)42-29-32-46-49(34-42)44-25-14-15-26-45(44)51-48(38-20-10-6-11-21-38)35-47(37-18-8-5-9-19-37)50(52(46)51)39-22-12-7-13-23-39/h5-35H,1-4H3. The van der Waals surface area contributed by atoms with Crippen LogP contribution in [0.5, 0.6) is 0 Å².